The van der Waals surface area contributed by atoms with Crippen molar-refractivity contribution in [1.82, 2.24) is 0 Å². The normalized spacial score (nSPS) is 9.87. The molecule has 0 spiro atoms. The third-order valence-electron chi connectivity index (χ3n) is 3.95. The fourth-order valence-corrected chi connectivity index (χ4v) is 2.45. The minimum Gasteiger partial charge on any atom is -0.454 e. The van der Waals surface area contributed by atoms with Crippen molar-refractivity contribution < 1.29 is 23.9 Å². The van der Waals surface area contributed by atoms with Crippen LogP contribution in [0.1, 0.15) is 46.9 Å². The minimum atomic E-state index is -0.679. The summed E-state index contributed by atoms with van der Waals surface area (Å²) in [6, 6.07) is 14.0. The van der Waals surface area contributed by atoms with E-state index in [-0.39, 0.29) is 23.7 Å². The molecule has 30 heavy (non-hydrogen) atoms. The Bertz CT molecular complexity index is 960. The molecule has 0 radical (unpaired) electrons. The van der Waals surface area contributed by atoms with Crippen LogP contribution in [-0.2, 0) is 14.3 Å². The second kappa shape index (κ2) is 11.1. The lowest BCUT2D eigenvalue weighted by Gasteiger charge is -2.07. The number of nitrogens with one attached hydrogen (secondary N) is 2. The SMILES string of the molecule is CCCC(=O)Nc1ccc(C(=O)COC(=O)c2ccc(NC(=O)CC#N)cc2)cc1. The molecule has 2 aromatic rings. The largest absolute Gasteiger partial charge is 0.454 e. The zero-order valence-corrected chi connectivity index (χ0v) is 16.4. The maximum atomic E-state index is 12.2. The molecule has 0 saturated heterocycles. The highest BCUT2D eigenvalue weighted by Crippen LogP contribution is 2.13. The summed E-state index contributed by atoms with van der Waals surface area (Å²) in [5.41, 5.74) is 1.60. The number of ether oxygens (including phenoxy) is 1. The topological polar surface area (TPSA) is 125 Å². The van der Waals surface area contributed by atoms with Crippen LogP contribution < -0.4 is 10.6 Å². The van der Waals surface area contributed by atoms with Gasteiger partial charge >= 0.3 is 5.97 Å². The van der Waals surface area contributed by atoms with Crippen molar-refractivity contribution in [1.29, 1.82) is 5.26 Å². The summed E-state index contributed by atoms with van der Waals surface area (Å²) < 4.78 is 5.04. The number of hydrogen-bond donors (Lipinski definition) is 2. The van der Waals surface area contributed by atoms with Gasteiger partial charge in [0.15, 0.2) is 12.4 Å². The van der Waals surface area contributed by atoms with Gasteiger partial charge in [-0.1, -0.05) is 6.92 Å². The molecule has 0 heterocycles. The Balaban J connectivity index is 1.86. The molecule has 2 N–H and O–H groups in total. The van der Waals surface area contributed by atoms with Crippen molar-refractivity contribution in [3.63, 3.8) is 0 Å². The molecular weight excluding hydrogens is 386 g/mol. The quantitative estimate of drug-likeness (QED) is 0.485. The molecule has 0 atom stereocenters. The number of carbonyl (C=O) groups excluding carboxylic acids is 4. The van der Waals surface area contributed by atoms with Crippen LogP contribution in [0.25, 0.3) is 0 Å². The van der Waals surface area contributed by atoms with Gasteiger partial charge in [0.1, 0.15) is 6.42 Å². The monoisotopic (exact) mass is 407 g/mol. The first-order valence-corrected chi connectivity index (χ1v) is 9.30. The molecule has 0 fully saturated rings. The number of ketones is 1. The molecule has 0 aliphatic carbocycles. The molecule has 0 aromatic heterocycles. The first-order chi connectivity index (χ1) is 14.4. The number of nitriles is 1. The summed E-state index contributed by atoms with van der Waals surface area (Å²) >= 11 is 0. The summed E-state index contributed by atoms with van der Waals surface area (Å²) in [4.78, 5) is 47.3. The van der Waals surface area contributed by atoms with Crippen LogP contribution in [0.3, 0.4) is 0 Å². The Kier molecular flexibility index (Phi) is 8.27. The van der Waals surface area contributed by atoms with E-state index in [1.165, 1.54) is 24.3 Å². The molecule has 2 rings (SSSR count). The Morgan fingerprint density at radius 2 is 1.40 bits per heavy atom. The van der Waals surface area contributed by atoms with Crippen LogP contribution >= 0.6 is 0 Å². The van der Waals surface area contributed by atoms with Gasteiger partial charge in [0, 0.05) is 23.4 Å². The number of amides is 2. The number of hydrogen-bond acceptors (Lipinski definition) is 6. The number of carbonyl (C=O) groups is 4. The third kappa shape index (κ3) is 6.87. The van der Waals surface area contributed by atoms with Gasteiger partial charge in [-0.2, -0.15) is 5.26 Å². The van der Waals surface area contributed by atoms with Gasteiger partial charge in [-0.3, -0.25) is 14.4 Å². The average Bonchev–Trinajstić information content (AvgIpc) is 2.73. The highest BCUT2D eigenvalue weighted by Gasteiger charge is 2.12. The predicted molar refractivity (Wildman–Crippen MR) is 110 cm³/mol. The fourth-order valence-electron chi connectivity index (χ4n) is 2.45. The molecule has 8 heteroatoms. The molecule has 0 unspecified atom stereocenters. The molecule has 0 aliphatic heterocycles. The Morgan fingerprint density at radius 3 is 1.93 bits per heavy atom. The first-order valence-electron chi connectivity index (χ1n) is 9.30. The lowest BCUT2D eigenvalue weighted by atomic mass is 10.1. The zero-order valence-electron chi connectivity index (χ0n) is 16.4. The number of benzene rings is 2. The van der Waals surface area contributed by atoms with Crippen molar-refractivity contribution in [2.24, 2.45) is 0 Å². The first kappa shape index (κ1) is 22.3. The van der Waals surface area contributed by atoms with E-state index in [0.29, 0.717) is 23.4 Å². The van der Waals surface area contributed by atoms with Crippen molar-refractivity contribution in [3.05, 3.63) is 59.7 Å². The maximum Gasteiger partial charge on any atom is 0.338 e. The van der Waals surface area contributed by atoms with Crippen LogP contribution in [0, 0.1) is 11.3 Å². The minimum absolute atomic E-state index is 0.0962. The highest BCUT2D eigenvalue weighted by molar-refractivity contribution is 6.00. The van der Waals surface area contributed by atoms with Crippen molar-refractivity contribution >= 4 is 34.9 Å². The maximum absolute atomic E-state index is 12.2. The smallest absolute Gasteiger partial charge is 0.338 e. The van der Waals surface area contributed by atoms with E-state index in [4.69, 9.17) is 10.00 Å². The van der Waals surface area contributed by atoms with Gasteiger partial charge in [0.05, 0.1) is 11.6 Å². The van der Waals surface area contributed by atoms with Gasteiger partial charge in [0.25, 0.3) is 0 Å². The lowest BCUT2D eigenvalue weighted by Crippen LogP contribution is -2.15. The van der Waals surface area contributed by atoms with E-state index < -0.39 is 18.5 Å². The van der Waals surface area contributed by atoms with Gasteiger partial charge in [-0.05, 0) is 55.0 Å². The second-order valence-electron chi connectivity index (χ2n) is 6.34. The van der Waals surface area contributed by atoms with E-state index in [9.17, 15) is 19.2 Å². The molecule has 0 aliphatic rings. The molecule has 154 valence electrons. The number of nitrogens with zero attached hydrogens (tertiary/aromatic N) is 1. The van der Waals surface area contributed by atoms with E-state index >= 15 is 0 Å². The molecule has 8 nitrogen and oxygen atoms in total. The van der Waals surface area contributed by atoms with Crippen molar-refractivity contribution in [2.75, 3.05) is 17.2 Å². The summed E-state index contributed by atoms with van der Waals surface area (Å²) in [5.74, 6) is -1.60. The van der Waals surface area contributed by atoms with Crippen LogP contribution in [-0.4, -0.2) is 30.2 Å². The average molecular weight is 407 g/mol. The highest BCUT2D eigenvalue weighted by atomic mass is 16.5. The number of Topliss-reactive ketones (excluding diaryl/α,β-unsaturated/α-hetero) is 1. The number of anilines is 2. The molecule has 0 saturated carbocycles. The van der Waals surface area contributed by atoms with Gasteiger partial charge in [0.2, 0.25) is 11.8 Å². The summed E-state index contributed by atoms with van der Waals surface area (Å²) in [7, 11) is 0. The van der Waals surface area contributed by atoms with E-state index in [1.807, 2.05) is 6.92 Å². The zero-order chi connectivity index (χ0) is 21.9. The van der Waals surface area contributed by atoms with Crippen molar-refractivity contribution in [2.45, 2.75) is 26.2 Å². The summed E-state index contributed by atoms with van der Waals surface area (Å²) in [6.45, 7) is 1.48. The summed E-state index contributed by atoms with van der Waals surface area (Å²) in [6.07, 6.45) is 0.897. The second-order valence-corrected chi connectivity index (χ2v) is 6.34. The van der Waals surface area contributed by atoms with E-state index in [1.54, 1.807) is 30.3 Å². The molecule has 2 aromatic carbocycles. The van der Waals surface area contributed by atoms with Crippen LogP contribution in [0.2, 0.25) is 0 Å². The molecular formula is C22H21N3O5. The van der Waals surface area contributed by atoms with Gasteiger partial charge < -0.3 is 15.4 Å². The van der Waals surface area contributed by atoms with Crippen LogP contribution in [0.5, 0.6) is 0 Å². The van der Waals surface area contributed by atoms with Crippen LogP contribution in [0.15, 0.2) is 48.5 Å². The van der Waals surface area contributed by atoms with Gasteiger partial charge in [-0.25, -0.2) is 4.79 Å². The standard InChI is InChI=1S/C22H21N3O5/c1-2-3-20(27)24-17-8-4-15(5-9-17)19(26)14-30-22(29)16-6-10-18(11-7-16)25-21(28)12-13-23/h4-11H,2-3,12,14H2,1H3,(H,24,27)(H,25,28). The fraction of sp³-hybridized carbons (Fsp3) is 0.227. The number of esters is 1. The van der Waals surface area contributed by atoms with E-state index in [0.717, 1.165) is 6.42 Å². The van der Waals surface area contributed by atoms with Crippen LogP contribution in [0.4, 0.5) is 11.4 Å². The van der Waals surface area contributed by atoms with E-state index in [2.05, 4.69) is 10.6 Å². The Hall–Kier alpha value is -3.99. The number of rotatable bonds is 9. The Morgan fingerprint density at radius 1 is 0.867 bits per heavy atom. The lowest BCUT2D eigenvalue weighted by molar-refractivity contribution is -0.116. The predicted octanol–water partition coefficient (Wildman–Crippen LogP) is 3.32. The molecule has 2 amide bonds. The van der Waals surface area contributed by atoms with Crippen molar-refractivity contribution in [3.8, 4) is 6.07 Å². The third-order valence-corrected chi connectivity index (χ3v) is 3.95. The summed E-state index contributed by atoms with van der Waals surface area (Å²) in [5, 5.41) is 13.7. The van der Waals surface area contributed by atoms with Gasteiger partial charge in [-0.15, -0.1) is 0 Å². The Labute approximate surface area is 173 Å². The molecule has 0 bridgehead atoms.